The molecule has 0 spiro atoms. The molecule has 5 nitrogen and oxygen atoms in total. The van der Waals surface area contributed by atoms with E-state index in [-0.39, 0.29) is 32.8 Å². The zero-order chi connectivity index (χ0) is 18.5. The van der Waals surface area contributed by atoms with Crippen molar-refractivity contribution in [2.24, 2.45) is 0 Å². The number of anilines is 1. The zero-order valence-electron chi connectivity index (χ0n) is 14.3. The molecule has 0 amide bonds. The number of nitrogens with zero attached hydrogens (tertiary/aromatic N) is 3. The first kappa shape index (κ1) is 21.9. The summed E-state index contributed by atoms with van der Waals surface area (Å²) in [5.41, 5.74) is 2.88. The normalized spacial score (nSPS) is 14.3. The molecule has 0 unspecified atom stereocenters. The maximum absolute atomic E-state index is 10.7. The van der Waals surface area contributed by atoms with Crippen LogP contribution < -0.4 is 4.90 Å². The first-order valence-corrected chi connectivity index (χ1v) is 9.14. The van der Waals surface area contributed by atoms with Crippen LogP contribution in [0.2, 0.25) is 0 Å². The molecule has 27 heavy (non-hydrogen) atoms. The van der Waals surface area contributed by atoms with Crippen LogP contribution >= 0.6 is 0 Å². The number of piperazine rings is 1. The molecule has 1 heterocycles. The number of nitro groups is 1. The molecule has 1 saturated heterocycles. The number of nitro benzene ring substituents is 1. The van der Waals surface area contributed by atoms with Crippen molar-refractivity contribution < 1.29 is 27.3 Å². The van der Waals surface area contributed by atoms with Crippen LogP contribution in [0.15, 0.2) is 48.5 Å². The van der Waals surface area contributed by atoms with Crippen molar-refractivity contribution in [3.8, 4) is 11.8 Å². The second-order valence-electron chi connectivity index (χ2n) is 5.93. The summed E-state index contributed by atoms with van der Waals surface area (Å²) in [6.07, 6.45) is 0. The molecule has 1 aliphatic heterocycles. The van der Waals surface area contributed by atoms with Gasteiger partial charge in [-0.05, 0) is 36.4 Å². The summed E-state index contributed by atoms with van der Waals surface area (Å²) in [5.74, 6) is 6.12. The molecule has 8 heteroatoms. The Morgan fingerprint density at radius 1 is 0.889 bits per heavy atom. The monoisotopic (exact) mass is 580 g/mol. The van der Waals surface area contributed by atoms with Gasteiger partial charge < -0.3 is 35.1 Å². The predicted molar refractivity (Wildman–Crippen MR) is 108 cm³/mol. The van der Waals surface area contributed by atoms with Crippen molar-refractivity contribution in [3.63, 3.8) is 0 Å². The third-order valence-corrected chi connectivity index (χ3v) is 4.87. The number of rotatable bonds is 3. The molecular formula is C19H17AuN3O2S2-2. The molecule has 0 aliphatic carbocycles. The Labute approximate surface area is 185 Å². The molecule has 1 aliphatic rings. The largest absolute Gasteiger partial charge is 0.800 e. The summed E-state index contributed by atoms with van der Waals surface area (Å²) in [7, 11) is 0. The first-order chi connectivity index (χ1) is 12.5. The van der Waals surface area contributed by atoms with E-state index in [1.165, 1.54) is 12.1 Å². The van der Waals surface area contributed by atoms with Crippen LogP contribution in [0.25, 0.3) is 0 Å². The van der Waals surface area contributed by atoms with Gasteiger partial charge in [-0.1, -0.05) is 11.8 Å². The van der Waals surface area contributed by atoms with Crippen molar-refractivity contribution in [1.82, 2.24) is 4.90 Å². The second kappa shape index (κ2) is 10.2. The van der Waals surface area contributed by atoms with Gasteiger partial charge in [-0.3, -0.25) is 10.1 Å². The zero-order valence-corrected chi connectivity index (χ0v) is 18.1. The molecule has 2 aromatic carbocycles. The van der Waals surface area contributed by atoms with Gasteiger partial charge in [0.2, 0.25) is 0 Å². The summed E-state index contributed by atoms with van der Waals surface area (Å²) >= 11 is 10.3. The average Bonchev–Trinajstić information content (AvgIpc) is 2.67. The van der Waals surface area contributed by atoms with Gasteiger partial charge >= 0.3 is 0 Å². The van der Waals surface area contributed by atoms with Crippen LogP contribution in [-0.2, 0) is 47.6 Å². The Bertz CT molecular complexity index is 825. The number of non-ortho nitro benzene ring substituents is 1. The van der Waals surface area contributed by atoms with E-state index in [9.17, 15) is 10.1 Å². The van der Waals surface area contributed by atoms with E-state index in [0.717, 1.165) is 43.0 Å². The van der Waals surface area contributed by atoms with Gasteiger partial charge in [0.25, 0.3) is 5.69 Å². The maximum atomic E-state index is 10.7. The van der Waals surface area contributed by atoms with E-state index in [4.69, 9.17) is 25.3 Å². The van der Waals surface area contributed by atoms with E-state index >= 15 is 0 Å². The third kappa shape index (κ3) is 6.04. The molecule has 1 radical (unpaired) electrons. The number of hydrogen-bond acceptors (Lipinski definition) is 6. The van der Waals surface area contributed by atoms with Crippen molar-refractivity contribution in [3.05, 3.63) is 69.8 Å². The van der Waals surface area contributed by atoms with E-state index in [1.54, 1.807) is 12.1 Å². The van der Waals surface area contributed by atoms with Gasteiger partial charge in [-0.2, -0.15) is 0 Å². The third-order valence-electron chi connectivity index (χ3n) is 4.27. The maximum Gasteiger partial charge on any atom is 0.269 e. The fraction of sp³-hybridized carbons (Fsp3) is 0.263. The van der Waals surface area contributed by atoms with E-state index in [0.29, 0.717) is 0 Å². The Morgan fingerprint density at radius 2 is 1.37 bits per heavy atom. The molecule has 2 aromatic rings. The SMILES string of the molecule is O=[N+]([O-])c1ccc(C#Cc2ccc(N3CCN(C([S-])[S-])CC3)cc2)cc1.[Au]. The summed E-state index contributed by atoms with van der Waals surface area (Å²) in [5, 5.41) is 10.7. The van der Waals surface area contributed by atoms with E-state index in [1.807, 2.05) is 12.1 Å². The molecule has 0 N–H and O–H groups in total. The molecule has 1 fully saturated rings. The van der Waals surface area contributed by atoms with Crippen LogP contribution in [0.1, 0.15) is 11.1 Å². The predicted octanol–water partition coefficient (Wildman–Crippen LogP) is 2.49. The summed E-state index contributed by atoms with van der Waals surface area (Å²) in [6, 6.07) is 14.3. The summed E-state index contributed by atoms with van der Waals surface area (Å²) in [4.78, 5) is 14.7. The van der Waals surface area contributed by atoms with E-state index < -0.39 is 4.92 Å². The first-order valence-electron chi connectivity index (χ1n) is 8.20. The summed E-state index contributed by atoms with van der Waals surface area (Å²) in [6.45, 7) is 3.61. The van der Waals surface area contributed by atoms with E-state index in [2.05, 4.69) is 33.8 Å². The Kier molecular flexibility index (Phi) is 8.29. The average molecular weight is 580 g/mol. The Balaban J connectivity index is 0.00000261. The van der Waals surface area contributed by atoms with Gasteiger partial charge in [-0.25, -0.2) is 4.71 Å². The molecule has 145 valence electrons. The number of benzene rings is 2. The van der Waals surface area contributed by atoms with Gasteiger partial charge in [-0.15, -0.1) is 0 Å². The Morgan fingerprint density at radius 3 is 1.81 bits per heavy atom. The van der Waals surface area contributed by atoms with Gasteiger partial charge in [0, 0.05) is 77.5 Å². The number of hydrogen-bond donors (Lipinski definition) is 0. The van der Waals surface area contributed by atoms with Gasteiger partial charge in [0.1, 0.15) is 0 Å². The van der Waals surface area contributed by atoms with Crippen molar-refractivity contribution in [2.45, 2.75) is 4.71 Å². The minimum absolute atomic E-state index is 0. The molecular weight excluding hydrogens is 563 g/mol. The quantitative estimate of drug-likeness (QED) is 0.183. The van der Waals surface area contributed by atoms with Crippen LogP contribution in [0.4, 0.5) is 11.4 Å². The minimum Gasteiger partial charge on any atom is -0.800 e. The fourth-order valence-corrected chi connectivity index (χ4v) is 3.18. The molecule has 0 atom stereocenters. The second-order valence-corrected chi connectivity index (χ2v) is 7.12. The van der Waals surface area contributed by atoms with Crippen LogP contribution in [0, 0.1) is 22.0 Å². The molecule has 0 aromatic heterocycles. The van der Waals surface area contributed by atoms with Crippen LogP contribution in [0.5, 0.6) is 0 Å². The van der Waals surface area contributed by atoms with Crippen molar-refractivity contribution >= 4 is 36.6 Å². The Hall–Kier alpha value is -1.40. The van der Waals surface area contributed by atoms with Crippen LogP contribution in [0.3, 0.4) is 0 Å². The topological polar surface area (TPSA) is 49.6 Å². The summed E-state index contributed by atoms with van der Waals surface area (Å²) < 4.78 is -0.228. The smallest absolute Gasteiger partial charge is 0.269 e. The standard InChI is InChI=1S/C19H19N3O2S2.Au/c23-22(24)18-9-5-16(6-10-18)2-1-15-3-7-17(8-4-15)20-11-13-21(14-12-20)19(25)26;/h3-10,19,25-26H,11-14H2;/p-2. The van der Waals surface area contributed by atoms with Crippen molar-refractivity contribution in [2.75, 3.05) is 31.1 Å². The van der Waals surface area contributed by atoms with Gasteiger partial charge in [0.05, 0.1) is 4.92 Å². The molecule has 0 bridgehead atoms. The van der Waals surface area contributed by atoms with Crippen LogP contribution in [-0.4, -0.2) is 40.7 Å². The minimum atomic E-state index is -0.417. The molecule has 0 saturated carbocycles. The fourth-order valence-electron chi connectivity index (χ4n) is 2.76. The van der Waals surface area contributed by atoms with Crippen molar-refractivity contribution in [1.29, 1.82) is 0 Å². The molecule has 3 rings (SSSR count). The van der Waals surface area contributed by atoms with Gasteiger partial charge in [0.15, 0.2) is 0 Å².